The predicted molar refractivity (Wildman–Crippen MR) is 110 cm³/mol. The van der Waals surface area contributed by atoms with Crippen molar-refractivity contribution in [2.75, 3.05) is 16.0 Å². The number of anilines is 3. The van der Waals surface area contributed by atoms with E-state index in [4.69, 9.17) is 0 Å². The molecule has 1 atom stereocenters. The normalized spacial score (nSPS) is 11.7. The number of carbonyl (C=O) groups is 2. The molecule has 2 aromatic carbocycles. The lowest BCUT2D eigenvalue weighted by Crippen LogP contribution is -2.31. The van der Waals surface area contributed by atoms with Crippen LogP contribution in [0.4, 0.5) is 17.1 Å². The second-order valence-corrected chi connectivity index (χ2v) is 7.50. The summed E-state index contributed by atoms with van der Waals surface area (Å²) in [5, 5.41) is 8.88. The molecule has 0 heterocycles. The largest absolute Gasteiger partial charge is 0.374 e. The molecule has 0 fully saturated rings. The van der Waals surface area contributed by atoms with Crippen molar-refractivity contribution in [1.82, 2.24) is 0 Å². The minimum atomic E-state index is -0.403. The van der Waals surface area contributed by atoms with E-state index in [1.165, 1.54) is 0 Å². The summed E-state index contributed by atoms with van der Waals surface area (Å²) in [5.74, 6) is 0.200. The number of hydrogen-bond acceptors (Lipinski definition) is 3. The van der Waals surface area contributed by atoms with Gasteiger partial charge >= 0.3 is 0 Å². The van der Waals surface area contributed by atoms with Crippen molar-refractivity contribution in [2.24, 2.45) is 5.92 Å². The van der Waals surface area contributed by atoms with Gasteiger partial charge in [0, 0.05) is 28.0 Å². The van der Waals surface area contributed by atoms with Crippen molar-refractivity contribution < 1.29 is 9.59 Å². The number of carbonyl (C=O) groups excluding carboxylic acids is 2. The molecule has 2 aromatic rings. The quantitative estimate of drug-likeness (QED) is 0.601. The Kier molecular flexibility index (Phi) is 7.21. The third-order valence-corrected chi connectivity index (χ3v) is 4.18. The second kappa shape index (κ2) is 9.38. The van der Waals surface area contributed by atoms with E-state index in [9.17, 15) is 9.59 Å². The Balaban J connectivity index is 1.88. The summed E-state index contributed by atoms with van der Waals surface area (Å²) >= 11 is 3.37. The van der Waals surface area contributed by atoms with Crippen LogP contribution in [0.15, 0.2) is 53.0 Å². The number of rotatable bonds is 7. The second-order valence-electron chi connectivity index (χ2n) is 6.59. The van der Waals surface area contributed by atoms with Gasteiger partial charge in [-0.1, -0.05) is 29.8 Å². The molecule has 138 valence electrons. The minimum absolute atomic E-state index is 0.00273. The van der Waals surface area contributed by atoms with Gasteiger partial charge in [-0.2, -0.15) is 0 Å². The van der Waals surface area contributed by atoms with Gasteiger partial charge in [0.25, 0.3) is 0 Å². The average molecular weight is 418 g/mol. The molecule has 0 aliphatic heterocycles. The van der Waals surface area contributed by atoms with Gasteiger partial charge in [0.05, 0.1) is 0 Å². The maximum Gasteiger partial charge on any atom is 0.246 e. The summed E-state index contributed by atoms with van der Waals surface area (Å²) in [4.78, 5) is 24.1. The molecule has 26 heavy (non-hydrogen) atoms. The van der Waals surface area contributed by atoms with Crippen LogP contribution in [0, 0.1) is 5.92 Å². The fraction of sp³-hybridized carbons (Fsp3) is 0.300. The molecule has 6 heteroatoms. The first-order valence-corrected chi connectivity index (χ1v) is 9.35. The van der Waals surface area contributed by atoms with Gasteiger partial charge in [-0.15, -0.1) is 0 Å². The maximum absolute atomic E-state index is 12.3. The van der Waals surface area contributed by atoms with Gasteiger partial charge in [0.1, 0.15) is 6.04 Å². The molecule has 0 aliphatic rings. The van der Waals surface area contributed by atoms with Gasteiger partial charge in [-0.25, -0.2) is 0 Å². The zero-order valence-corrected chi connectivity index (χ0v) is 16.8. The van der Waals surface area contributed by atoms with Crippen LogP contribution in [0.2, 0.25) is 0 Å². The molecule has 0 saturated carbocycles. The van der Waals surface area contributed by atoms with Gasteiger partial charge in [-0.05, 0) is 61.4 Å². The van der Waals surface area contributed by atoms with E-state index in [0.29, 0.717) is 12.3 Å². The summed E-state index contributed by atoms with van der Waals surface area (Å²) < 4.78 is 0.960. The molecule has 2 amide bonds. The Morgan fingerprint density at radius 1 is 0.846 bits per heavy atom. The summed E-state index contributed by atoms with van der Waals surface area (Å²) in [6, 6.07) is 14.3. The van der Waals surface area contributed by atoms with Crippen LogP contribution < -0.4 is 16.0 Å². The van der Waals surface area contributed by atoms with E-state index < -0.39 is 6.04 Å². The molecule has 0 bridgehead atoms. The first-order chi connectivity index (χ1) is 12.3. The fourth-order valence-electron chi connectivity index (χ4n) is 2.33. The highest BCUT2D eigenvalue weighted by Crippen LogP contribution is 2.17. The van der Waals surface area contributed by atoms with Crippen LogP contribution >= 0.6 is 15.9 Å². The van der Waals surface area contributed by atoms with Gasteiger partial charge in [0.2, 0.25) is 11.8 Å². The van der Waals surface area contributed by atoms with E-state index in [0.717, 1.165) is 21.5 Å². The molecule has 0 spiro atoms. The summed E-state index contributed by atoms with van der Waals surface area (Å²) in [6.07, 6.45) is 0.493. The highest BCUT2D eigenvalue weighted by Gasteiger charge is 2.13. The number of nitrogens with one attached hydrogen (secondary N) is 3. The number of benzene rings is 2. The maximum atomic E-state index is 12.3. The van der Waals surface area contributed by atoms with Crippen molar-refractivity contribution in [3.05, 3.63) is 53.0 Å². The monoisotopic (exact) mass is 417 g/mol. The third-order valence-electron chi connectivity index (χ3n) is 3.65. The SMILES string of the molecule is CC(C)CC(=O)Nc1ccc(N[C@@H](C)C(=O)Nc2ccc(Br)cc2)cc1. The summed E-state index contributed by atoms with van der Waals surface area (Å²) in [5.41, 5.74) is 2.30. The fourth-order valence-corrected chi connectivity index (χ4v) is 2.60. The van der Waals surface area contributed by atoms with E-state index in [-0.39, 0.29) is 11.8 Å². The van der Waals surface area contributed by atoms with Crippen molar-refractivity contribution >= 4 is 44.8 Å². The van der Waals surface area contributed by atoms with E-state index >= 15 is 0 Å². The van der Waals surface area contributed by atoms with Crippen LogP contribution in [-0.4, -0.2) is 17.9 Å². The molecule has 2 rings (SSSR count). The molecule has 5 nitrogen and oxygen atoms in total. The van der Waals surface area contributed by atoms with Crippen molar-refractivity contribution in [3.63, 3.8) is 0 Å². The van der Waals surface area contributed by atoms with E-state index in [1.807, 2.05) is 62.4 Å². The molecule has 0 radical (unpaired) electrons. The molecule has 3 N–H and O–H groups in total. The molecule has 0 saturated heterocycles. The first-order valence-electron chi connectivity index (χ1n) is 8.56. The van der Waals surface area contributed by atoms with Crippen molar-refractivity contribution in [3.8, 4) is 0 Å². The lowest BCUT2D eigenvalue weighted by atomic mass is 10.1. The number of hydrogen-bond donors (Lipinski definition) is 3. The Labute approximate surface area is 162 Å². The molecule has 0 aromatic heterocycles. The van der Waals surface area contributed by atoms with Crippen molar-refractivity contribution in [1.29, 1.82) is 0 Å². The summed E-state index contributed by atoms with van der Waals surface area (Å²) in [7, 11) is 0. The van der Waals surface area contributed by atoms with Crippen LogP contribution in [0.1, 0.15) is 27.2 Å². The van der Waals surface area contributed by atoms with Gasteiger partial charge in [0.15, 0.2) is 0 Å². The molecular weight excluding hydrogens is 394 g/mol. The summed E-state index contributed by atoms with van der Waals surface area (Å²) in [6.45, 7) is 5.81. The minimum Gasteiger partial charge on any atom is -0.374 e. The van der Waals surface area contributed by atoms with Crippen molar-refractivity contribution in [2.45, 2.75) is 33.2 Å². The number of amides is 2. The molecular formula is C20H24BrN3O2. The van der Waals surface area contributed by atoms with Gasteiger partial charge in [-0.3, -0.25) is 9.59 Å². The highest BCUT2D eigenvalue weighted by atomic mass is 79.9. The highest BCUT2D eigenvalue weighted by molar-refractivity contribution is 9.10. The smallest absolute Gasteiger partial charge is 0.246 e. The van der Waals surface area contributed by atoms with Crippen LogP contribution in [0.5, 0.6) is 0 Å². The Hall–Kier alpha value is -2.34. The lowest BCUT2D eigenvalue weighted by Gasteiger charge is -2.16. The molecule has 0 unspecified atom stereocenters. The number of halogens is 1. The standard InChI is InChI=1S/C20H24BrN3O2/c1-13(2)12-19(25)23-17-10-8-16(9-11-17)22-14(3)20(26)24-18-6-4-15(21)5-7-18/h4-11,13-14,22H,12H2,1-3H3,(H,23,25)(H,24,26)/t14-/m0/s1. The first kappa shape index (κ1) is 20.0. The lowest BCUT2D eigenvalue weighted by molar-refractivity contribution is -0.117. The Bertz CT molecular complexity index is 743. The average Bonchev–Trinajstić information content (AvgIpc) is 2.58. The predicted octanol–water partition coefficient (Wildman–Crippen LogP) is 4.87. The molecule has 0 aliphatic carbocycles. The Morgan fingerprint density at radius 3 is 1.92 bits per heavy atom. The van der Waals surface area contributed by atoms with Crippen LogP contribution in [-0.2, 0) is 9.59 Å². The van der Waals surface area contributed by atoms with E-state index in [2.05, 4.69) is 31.9 Å². The zero-order chi connectivity index (χ0) is 19.1. The van der Waals surface area contributed by atoms with Gasteiger partial charge < -0.3 is 16.0 Å². The third kappa shape index (κ3) is 6.52. The zero-order valence-electron chi connectivity index (χ0n) is 15.2. The van der Waals surface area contributed by atoms with E-state index in [1.54, 1.807) is 6.92 Å². The topological polar surface area (TPSA) is 70.2 Å². The van der Waals surface area contributed by atoms with Crippen LogP contribution in [0.25, 0.3) is 0 Å². The van der Waals surface area contributed by atoms with Crippen LogP contribution in [0.3, 0.4) is 0 Å². The Morgan fingerprint density at radius 2 is 1.35 bits per heavy atom.